The molecule has 20 heavy (non-hydrogen) atoms. The lowest BCUT2D eigenvalue weighted by molar-refractivity contribution is -0.139. The van der Waals surface area contributed by atoms with Crippen LogP contribution in [0, 0.1) is 11.8 Å². The maximum absolute atomic E-state index is 12.3. The molecule has 2 unspecified atom stereocenters. The minimum Gasteiger partial charge on any atom is -0.393 e. The number of rotatable bonds is 2. The van der Waals surface area contributed by atoms with Gasteiger partial charge in [0.25, 0.3) is 5.91 Å². The van der Waals surface area contributed by atoms with E-state index in [9.17, 15) is 15.0 Å². The molecule has 2 aliphatic rings. The highest BCUT2D eigenvalue weighted by atomic mass is 35.5. The second-order valence-corrected chi connectivity index (χ2v) is 6.28. The van der Waals surface area contributed by atoms with E-state index in [1.54, 1.807) is 29.2 Å². The third-order valence-electron chi connectivity index (χ3n) is 4.44. The summed E-state index contributed by atoms with van der Waals surface area (Å²) < 4.78 is 0. The van der Waals surface area contributed by atoms with Crippen LogP contribution in [0.3, 0.4) is 0 Å². The number of hydrogen-bond donors (Lipinski definition) is 2. The lowest BCUT2D eigenvalue weighted by atomic mass is 10.0. The average molecular weight is 296 g/mol. The van der Waals surface area contributed by atoms with Gasteiger partial charge in [-0.15, -0.1) is 0 Å². The number of halogens is 1. The molecule has 4 atom stereocenters. The SMILES string of the molecule is O=C(C(O)c1cccc(Cl)c1)N1C[C@H]2CC(O)C[C@H]2C1. The first-order valence-electron chi connectivity index (χ1n) is 6.95. The van der Waals surface area contributed by atoms with Crippen LogP contribution in [-0.4, -0.2) is 40.2 Å². The van der Waals surface area contributed by atoms with Crippen molar-refractivity contribution in [2.24, 2.45) is 11.8 Å². The summed E-state index contributed by atoms with van der Waals surface area (Å²) >= 11 is 5.88. The van der Waals surface area contributed by atoms with Crippen LogP contribution >= 0.6 is 11.6 Å². The summed E-state index contributed by atoms with van der Waals surface area (Å²) in [5.74, 6) is 0.483. The van der Waals surface area contributed by atoms with Gasteiger partial charge in [-0.2, -0.15) is 0 Å². The molecule has 0 aromatic heterocycles. The molecule has 1 aromatic carbocycles. The van der Waals surface area contributed by atoms with Crippen molar-refractivity contribution in [2.75, 3.05) is 13.1 Å². The Morgan fingerprint density at radius 2 is 1.95 bits per heavy atom. The first-order chi connectivity index (χ1) is 9.54. The predicted molar refractivity (Wildman–Crippen MR) is 75.2 cm³/mol. The second-order valence-electron chi connectivity index (χ2n) is 5.85. The molecular formula is C15H18ClNO3. The van der Waals surface area contributed by atoms with Gasteiger partial charge in [0.1, 0.15) is 0 Å². The van der Waals surface area contributed by atoms with Gasteiger partial charge in [-0.1, -0.05) is 23.7 Å². The quantitative estimate of drug-likeness (QED) is 0.871. The van der Waals surface area contributed by atoms with E-state index in [1.165, 1.54) is 0 Å². The third kappa shape index (κ3) is 2.55. The Bertz CT molecular complexity index is 508. The largest absolute Gasteiger partial charge is 0.393 e. The zero-order valence-electron chi connectivity index (χ0n) is 11.1. The van der Waals surface area contributed by atoms with Gasteiger partial charge in [0, 0.05) is 18.1 Å². The molecule has 0 radical (unpaired) electrons. The summed E-state index contributed by atoms with van der Waals surface area (Å²) in [7, 11) is 0. The Kier molecular flexibility index (Phi) is 3.71. The fourth-order valence-corrected chi connectivity index (χ4v) is 3.64. The van der Waals surface area contributed by atoms with Gasteiger partial charge < -0.3 is 15.1 Å². The highest BCUT2D eigenvalue weighted by Gasteiger charge is 2.42. The molecule has 3 rings (SSSR count). The number of fused-ring (bicyclic) bond motifs is 1. The number of hydrogen-bond acceptors (Lipinski definition) is 3. The van der Waals surface area contributed by atoms with Gasteiger partial charge in [-0.3, -0.25) is 4.79 Å². The molecule has 0 spiro atoms. The van der Waals surface area contributed by atoms with Gasteiger partial charge in [0.15, 0.2) is 6.10 Å². The van der Waals surface area contributed by atoms with Crippen LogP contribution in [-0.2, 0) is 4.79 Å². The molecule has 1 aliphatic carbocycles. The number of likely N-dealkylation sites (tertiary alicyclic amines) is 1. The number of aliphatic hydroxyl groups is 2. The van der Waals surface area contributed by atoms with E-state index in [4.69, 9.17) is 11.6 Å². The average Bonchev–Trinajstić information content (AvgIpc) is 2.94. The van der Waals surface area contributed by atoms with Crippen LogP contribution in [0.25, 0.3) is 0 Å². The van der Waals surface area contributed by atoms with E-state index < -0.39 is 6.10 Å². The smallest absolute Gasteiger partial charge is 0.256 e. The molecule has 2 fully saturated rings. The van der Waals surface area contributed by atoms with Crippen molar-refractivity contribution < 1.29 is 15.0 Å². The summed E-state index contributed by atoms with van der Waals surface area (Å²) in [6, 6.07) is 6.76. The summed E-state index contributed by atoms with van der Waals surface area (Å²) in [4.78, 5) is 14.1. The van der Waals surface area contributed by atoms with Crippen molar-refractivity contribution in [1.29, 1.82) is 0 Å². The van der Waals surface area contributed by atoms with Crippen molar-refractivity contribution >= 4 is 17.5 Å². The number of aliphatic hydroxyl groups excluding tert-OH is 2. The van der Waals surface area contributed by atoms with Gasteiger partial charge in [0.05, 0.1) is 6.10 Å². The van der Waals surface area contributed by atoms with E-state index in [-0.39, 0.29) is 12.0 Å². The van der Waals surface area contributed by atoms with E-state index in [2.05, 4.69) is 0 Å². The number of carbonyl (C=O) groups is 1. The fourth-order valence-electron chi connectivity index (χ4n) is 3.44. The molecule has 1 saturated carbocycles. The molecule has 4 nitrogen and oxygen atoms in total. The Balaban J connectivity index is 1.68. The monoisotopic (exact) mass is 295 g/mol. The van der Waals surface area contributed by atoms with Gasteiger partial charge in [-0.25, -0.2) is 0 Å². The molecule has 2 N–H and O–H groups in total. The summed E-state index contributed by atoms with van der Waals surface area (Å²) in [6.45, 7) is 1.27. The summed E-state index contributed by atoms with van der Waals surface area (Å²) in [5, 5.41) is 20.3. The normalized spacial score (nSPS) is 30.4. The molecular weight excluding hydrogens is 278 g/mol. The van der Waals surface area contributed by atoms with E-state index >= 15 is 0 Å². The standard InChI is InChI=1S/C15H18ClNO3/c16-12-3-1-2-9(4-12)14(19)15(20)17-7-10-5-13(18)6-11(10)8-17/h1-4,10-11,13-14,18-19H,5-8H2/t10-,11+,13?,14?. The second kappa shape index (κ2) is 5.35. The first kappa shape index (κ1) is 13.9. The lowest BCUT2D eigenvalue weighted by Crippen LogP contribution is -2.34. The number of carbonyl (C=O) groups excluding carboxylic acids is 1. The molecule has 1 saturated heterocycles. The van der Waals surface area contributed by atoms with Crippen LogP contribution in [0.1, 0.15) is 24.5 Å². The van der Waals surface area contributed by atoms with Crippen molar-refractivity contribution in [1.82, 2.24) is 4.90 Å². The molecule has 0 bridgehead atoms. The first-order valence-corrected chi connectivity index (χ1v) is 7.33. The van der Waals surface area contributed by atoms with E-state index in [0.29, 0.717) is 35.5 Å². The van der Waals surface area contributed by atoms with Gasteiger partial charge in [-0.05, 0) is 42.4 Å². The number of benzene rings is 1. The Morgan fingerprint density at radius 1 is 1.30 bits per heavy atom. The van der Waals surface area contributed by atoms with Crippen LogP contribution in [0.15, 0.2) is 24.3 Å². The molecule has 1 amide bonds. The zero-order valence-corrected chi connectivity index (χ0v) is 11.8. The van der Waals surface area contributed by atoms with Crippen LogP contribution in [0.5, 0.6) is 0 Å². The predicted octanol–water partition coefficient (Wildman–Crippen LogP) is 1.60. The van der Waals surface area contributed by atoms with E-state index in [1.807, 2.05) is 0 Å². The minimum absolute atomic E-state index is 0.222. The van der Waals surface area contributed by atoms with Crippen molar-refractivity contribution in [3.63, 3.8) is 0 Å². The zero-order chi connectivity index (χ0) is 14.3. The maximum atomic E-state index is 12.3. The Labute approximate surface area is 123 Å². The van der Waals surface area contributed by atoms with Crippen LogP contribution < -0.4 is 0 Å². The molecule has 1 heterocycles. The fraction of sp³-hybridized carbons (Fsp3) is 0.533. The van der Waals surface area contributed by atoms with E-state index in [0.717, 1.165) is 12.8 Å². The van der Waals surface area contributed by atoms with Crippen molar-refractivity contribution in [3.8, 4) is 0 Å². The van der Waals surface area contributed by atoms with Gasteiger partial charge >= 0.3 is 0 Å². The van der Waals surface area contributed by atoms with Crippen LogP contribution in [0.4, 0.5) is 0 Å². The Morgan fingerprint density at radius 3 is 2.55 bits per heavy atom. The van der Waals surface area contributed by atoms with Crippen LogP contribution in [0.2, 0.25) is 5.02 Å². The highest BCUT2D eigenvalue weighted by Crippen LogP contribution is 2.38. The van der Waals surface area contributed by atoms with Crippen molar-refractivity contribution in [2.45, 2.75) is 25.0 Å². The third-order valence-corrected chi connectivity index (χ3v) is 4.67. The van der Waals surface area contributed by atoms with Crippen molar-refractivity contribution in [3.05, 3.63) is 34.9 Å². The highest BCUT2D eigenvalue weighted by molar-refractivity contribution is 6.30. The molecule has 5 heteroatoms. The molecule has 108 valence electrons. The maximum Gasteiger partial charge on any atom is 0.256 e. The minimum atomic E-state index is -1.16. The number of nitrogens with zero attached hydrogens (tertiary/aromatic N) is 1. The summed E-state index contributed by atoms with van der Waals surface area (Å²) in [6.07, 6.45) is 0.154. The van der Waals surface area contributed by atoms with Gasteiger partial charge in [0.2, 0.25) is 0 Å². The number of amides is 1. The molecule has 1 aromatic rings. The lowest BCUT2D eigenvalue weighted by Gasteiger charge is -2.21. The topological polar surface area (TPSA) is 60.8 Å². The molecule has 1 aliphatic heterocycles. The Hall–Kier alpha value is -1.10. The summed E-state index contributed by atoms with van der Waals surface area (Å²) in [5.41, 5.74) is 0.527.